The lowest BCUT2D eigenvalue weighted by atomic mass is 9.80. The monoisotopic (exact) mass is 268 g/mol. The van der Waals surface area contributed by atoms with Crippen molar-refractivity contribution in [2.45, 2.75) is 38.1 Å². The molecule has 0 bridgehead atoms. The van der Waals surface area contributed by atoms with E-state index in [0.29, 0.717) is 5.92 Å². The lowest BCUT2D eigenvalue weighted by Gasteiger charge is -2.31. The Hall–Kier alpha value is -1.78. The summed E-state index contributed by atoms with van der Waals surface area (Å²) in [5.74, 6) is 6.13. The van der Waals surface area contributed by atoms with Crippen molar-refractivity contribution < 1.29 is 0 Å². The van der Waals surface area contributed by atoms with Crippen molar-refractivity contribution in [3.8, 4) is 0 Å². The van der Waals surface area contributed by atoms with E-state index in [1.165, 1.54) is 23.2 Å². The Bertz CT molecular complexity index is 597. The van der Waals surface area contributed by atoms with Crippen LogP contribution in [0.4, 0.5) is 0 Å². The van der Waals surface area contributed by atoms with E-state index in [2.05, 4.69) is 34.5 Å². The van der Waals surface area contributed by atoms with Gasteiger partial charge in [-0.25, -0.2) is 0 Å². The van der Waals surface area contributed by atoms with Crippen molar-refractivity contribution in [2.75, 3.05) is 0 Å². The number of nitrogens with one attached hydrogen (secondary N) is 1. The van der Waals surface area contributed by atoms with Gasteiger partial charge in [0, 0.05) is 24.0 Å². The molecule has 20 heavy (non-hydrogen) atoms. The Morgan fingerprint density at radius 3 is 2.85 bits per heavy atom. The summed E-state index contributed by atoms with van der Waals surface area (Å²) in [6, 6.07) is 8.24. The summed E-state index contributed by atoms with van der Waals surface area (Å²) >= 11 is 0. The lowest BCUT2D eigenvalue weighted by molar-refractivity contribution is 0.392. The second-order valence-corrected chi connectivity index (χ2v) is 5.40. The number of pyridine rings is 2. The van der Waals surface area contributed by atoms with Crippen molar-refractivity contribution >= 4 is 0 Å². The summed E-state index contributed by atoms with van der Waals surface area (Å²) in [5.41, 5.74) is 7.68. The van der Waals surface area contributed by atoms with Crippen LogP contribution in [-0.2, 0) is 6.42 Å². The van der Waals surface area contributed by atoms with E-state index in [1.807, 2.05) is 24.5 Å². The van der Waals surface area contributed by atoms with Crippen LogP contribution >= 0.6 is 0 Å². The molecule has 2 aromatic rings. The summed E-state index contributed by atoms with van der Waals surface area (Å²) in [6.45, 7) is 2.08. The average molecular weight is 268 g/mol. The van der Waals surface area contributed by atoms with Gasteiger partial charge in [-0.05, 0) is 49.4 Å². The van der Waals surface area contributed by atoms with Gasteiger partial charge in [0.05, 0.1) is 11.7 Å². The smallest absolute Gasteiger partial charge is 0.0718 e. The van der Waals surface area contributed by atoms with E-state index in [1.54, 1.807) is 0 Å². The van der Waals surface area contributed by atoms with Gasteiger partial charge in [0.2, 0.25) is 0 Å². The maximum Gasteiger partial charge on any atom is 0.0718 e. The van der Waals surface area contributed by atoms with Crippen molar-refractivity contribution in [3.63, 3.8) is 0 Å². The van der Waals surface area contributed by atoms with E-state index in [4.69, 9.17) is 5.84 Å². The number of aryl methyl sites for hydroxylation is 2. The first-order valence-electron chi connectivity index (χ1n) is 7.12. The highest BCUT2D eigenvalue weighted by Crippen LogP contribution is 2.38. The number of fused-ring (bicyclic) bond motifs is 1. The Morgan fingerprint density at radius 2 is 2.05 bits per heavy atom. The highest BCUT2D eigenvalue weighted by Gasteiger charge is 2.30. The fourth-order valence-corrected chi connectivity index (χ4v) is 3.18. The van der Waals surface area contributed by atoms with Gasteiger partial charge in [0.15, 0.2) is 0 Å². The van der Waals surface area contributed by atoms with Gasteiger partial charge in [0.25, 0.3) is 0 Å². The number of nitrogens with two attached hydrogens (primary N) is 1. The van der Waals surface area contributed by atoms with Gasteiger partial charge < -0.3 is 0 Å². The van der Waals surface area contributed by atoms with Crippen LogP contribution in [0.2, 0.25) is 0 Å². The summed E-state index contributed by atoms with van der Waals surface area (Å²) in [4.78, 5) is 9.13. The zero-order chi connectivity index (χ0) is 13.9. The molecule has 3 rings (SSSR count). The Morgan fingerprint density at radius 1 is 1.25 bits per heavy atom. The predicted molar refractivity (Wildman–Crippen MR) is 79.0 cm³/mol. The molecular weight excluding hydrogens is 248 g/mol. The Balaban J connectivity index is 2.01. The minimum absolute atomic E-state index is 0.0187. The molecule has 3 N–H and O–H groups in total. The quantitative estimate of drug-likeness (QED) is 0.663. The van der Waals surface area contributed by atoms with E-state index < -0.39 is 0 Å². The van der Waals surface area contributed by atoms with Gasteiger partial charge in [-0.3, -0.25) is 21.2 Å². The summed E-state index contributed by atoms with van der Waals surface area (Å²) in [7, 11) is 0. The molecule has 2 unspecified atom stereocenters. The Kier molecular flexibility index (Phi) is 3.76. The second kappa shape index (κ2) is 5.69. The molecule has 0 aromatic carbocycles. The molecular formula is C16H20N4. The maximum absolute atomic E-state index is 5.84. The average Bonchev–Trinajstić information content (AvgIpc) is 2.50. The third-order valence-electron chi connectivity index (χ3n) is 4.17. The molecule has 2 heterocycles. The van der Waals surface area contributed by atoms with Gasteiger partial charge in [-0.2, -0.15) is 0 Å². The predicted octanol–water partition coefficient (Wildman–Crippen LogP) is 2.41. The van der Waals surface area contributed by atoms with Crippen molar-refractivity contribution in [2.24, 2.45) is 5.84 Å². The minimum atomic E-state index is 0.0187. The van der Waals surface area contributed by atoms with Crippen molar-refractivity contribution in [3.05, 3.63) is 59.2 Å². The molecule has 0 saturated carbocycles. The fraction of sp³-hybridized carbons (Fsp3) is 0.375. The topological polar surface area (TPSA) is 63.8 Å². The molecule has 104 valence electrons. The lowest BCUT2D eigenvalue weighted by Crippen LogP contribution is -2.35. The fourth-order valence-electron chi connectivity index (χ4n) is 3.18. The van der Waals surface area contributed by atoms with E-state index in [0.717, 1.165) is 18.5 Å². The molecule has 4 heteroatoms. The first-order valence-corrected chi connectivity index (χ1v) is 7.12. The van der Waals surface area contributed by atoms with Crippen LogP contribution in [0.25, 0.3) is 0 Å². The molecule has 2 atom stereocenters. The van der Waals surface area contributed by atoms with Crippen LogP contribution in [-0.4, -0.2) is 9.97 Å². The van der Waals surface area contributed by atoms with Gasteiger partial charge in [-0.15, -0.1) is 0 Å². The molecule has 1 aliphatic rings. The van der Waals surface area contributed by atoms with Crippen molar-refractivity contribution in [1.29, 1.82) is 0 Å². The number of hydrogen-bond donors (Lipinski definition) is 2. The van der Waals surface area contributed by atoms with Gasteiger partial charge in [-0.1, -0.05) is 12.1 Å². The molecule has 0 aliphatic heterocycles. The zero-order valence-electron chi connectivity index (χ0n) is 11.7. The zero-order valence-corrected chi connectivity index (χ0v) is 11.7. The third-order valence-corrected chi connectivity index (χ3v) is 4.17. The van der Waals surface area contributed by atoms with E-state index >= 15 is 0 Å². The van der Waals surface area contributed by atoms with Crippen LogP contribution in [0, 0.1) is 6.92 Å². The molecule has 0 saturated heterocycles. The SMILES string of the molecule is Cc1cccnc1C(NN)C1CCCc2cccnc21. The third kappa shape index (κ3) is 2.32. The highest BCUT2D eigenvalue weighted by atomic mass is 15.2. The normalized spacial score (nSPS) is 19.4. The summed E-state index contributed by atoms with van der Waals surface area (Å²) in [5, 5.41) is 0. The highest BCUT2D eigenvalue weighted by molar-refractivity contribution is 5.31. The largest absolute Gasteiger partial charge is 0.271 e. The minimum Gasteiger partial charge on any atom is -0.271 e. The summed E-state index contributed by atoms with van der Waals surface area (Å²) in [6.07, 6.45) is 7.07. The molecule has 2 aromatic heterocycles. The molecule has 0 amide bonds. The molecule has 1 aliphatic carbocycles. The van der Waals surface area contributed by atoms with Crippen LogP contribution in [0.5, 0.6) is 0 Å². The van der Waals surface area contributed by atoms with Crippen LogP contribution in [0.1, 0.15) is 47.3 Å². The Labute approximate surface area is 119 Å². The van der Waals surface area contributed by atoms with Crippen LogP contribution < -0.4 is 11.3 Å². The van der Waals surface area contributed by atoms with E-state index in [9.17, 15) is 0 Å². The number of hydrogen-bond acceptors (Lipinski definition) is 4. The first-order chi connectivity index (χ1) is 9.81. The molecule has 0 fully saturated rings. The van der Waals surface area contributed by atoms with Gasteiger partial charge in [0.1, 0.15) is 0 Å². The standard InChI is InChI=1S/C16H20N4/c1-11-5-3-9-18-14(11)16(20-17)13-8-2-6-12-7-4-10-19-15(12)13/h3-5,7,9-10,13,16,20H,2,6,8,17H2,1H3. The van der Waals surface area contributed by atoms with Crippen LogP contribution in [0.15, 0.2) is 36.7 Å². The number of nitrogens with zero attached hydrogens (tertiary/aromatic N) is 2. The van der Waals surface area contributed by atoms with E-state index in [-0.39, 0.29) is 6.04 Å². The maximum atomic E-state index is 5.84. The van der Waals surface area contributed by atoms with Crippen LogP contribution in [0.3, 0.4) is 0 Å². The number of hydrazine groups is 1. The number of aromatic nitrogens is 2. The van der Waals surface area contributed by atoms with Gasteiger partial charge >= 0.3 is 0 Å². The first kappa shape index (κ1) is 13.2. The van der Waals surface area contributed by atoms with Crippen molar-refractivity contribution in [1.82, 2.24) is 15.4 Å². The second-order valence-electron chi connectivity index (χ2n) is 5.40. The summed E-state index contributed by atoms with van der Waals surface area (Å²) < 4.78 is 0. The molecule has 4 nitrogen and oxygen atoms in total. The molecule has 0 spiro atoms. The number of rotatable bonds is 3. The molecule has 0 radical (unpaired) electrons.